The predicted octanol–water partition coefficient (Wildman–Crippen LogP) is 10.1. The van der Waals surface area contributed by atoms with Crippen LogP contribution in [-0.2, 0) is 55.0 Å². The monoisotopic (exact) mass is 946 g/mol. The Hall–Kier alpha value is -5.32. The second-order valence-electron chi connectivity index (χ2n) is 18.5. The van der Waals surface area contributed by atoms with Crippen molar-refractivity contribution in [1.29, 1.82) is 0 Å². The first-order valence-electron chi connectivity index (χ1n) is 22.5. The number of amides is 1. The number of carbonyl (C=O) groups is 2. The van der Waals surface area contributed by atoms with Crippen molar-refractivity contribution in [2.24, 2.45) is 16.6 Å². The molecule has 0 atom stereocenters. The molecule has 0 fully saturated rings. The number of esters is 1. The Kier molecular flexibility index (Phi) is 18.7. The van der Waals surface area contributed by atoms with Gasteiger partial charge in [-0.1, -0.05) is 153 Å². The van der Waals surface area contributed by atoms with Gasteiger partial charge in [-0.25, -0.2) is 9.78 Å². The molecule has 3 aromatic carbocycles. The van der Waals surface area contributed by atoms with Crippen LogP contribution in [0.1, 0.15) is 103 Å². The van der Waals surface area contributed by atoms with Gasteiger partial charge in [-0.15, -0.1) is 12.8 Å². The fraction of sp³-hybridized carbons (Fsp3) is 0.436. The van der Waals surface area contributed by atoms with Gasteiger partial charge in [0.2, 0.25) is 0 Å². The Bertz CT molecular complexity index is 2600. The normalized spacial score (nSPS) is 16.6. The summed E-state index contributed by atoms with van der Waals surface area (Å²) >= 11 is 7.12. The number of terminal acetylenes is 1. The fourth-order valence-electron chi connectivity index (χ4n) is 9.60. The van der Waals surface area contributed by atoms with E-state index in [4.69, 9.17) is 37.1 Å². The molecule has 0 spiro atoms. The summed E-state index contributed by atoms with van der Waals surface area (Å²) in [5.74, 6) is 0.640. The molecule has 2 heterocycles. The lowest BCUT2D eigenvalue weighted by Gasteiger charge is -2.41. The number of aromatic nitrogens is 2. The number of hydrogen-bond acceptors (Lipinski definition) is 10. The van der Waals surface area contributed by atoms with Gasteiger partial charge in [0.15, 0.2) is 5.16 Å². The highest BCUT2D eigenvalue weighted by atomic mass is 32.2. The Morgan fingerprint density at radius 3 is 1.87 bits per heavy atom. The highest BCUT2D eigenvalue weighted by Crippen LogP contribution is 2.47. The second kappa shape index (κ2) is 23.1. The third kappa shape index (κ3) is 11.5. The maximum Gasteiger partial charge on any atom is 0.336 e. The Morgan fingerprint density at radius 2 is 1.28 bits per heavy atom. The third-order valence-electron chi connectivity index (χ3n) is 12.4. The largest absolute Gasteiger partial charge is 0.463 e. The maximum absolute atomic E-state index is 13.3. The van der Waals surface area contributed by atoms with Gasteiger partial charge in [0.05, 0.1) is 54.9 Å². The quantitative estimate of drug-likeness (QED) is 0.0540. The van der Waals surface area contributed by atoms with Crippen molar-refractivity contribution in [3.05, 3.63) is 128 Å². The molecular weight excluding hydrogens is 877 g/mol. The van der Waals surface area contributed by atoms with Crippen LogP contribution >= 0.6 is 24.0 Å². The Morgan fingerprint density at radius 1 is 0.776 bits per heavy atom. The van der Waals surface area contributed by atoms with Crippen molar-refractivity contribution in [2.75, 3.05) is 46.3 Å². The van der Waals surface area contributed by atoms with Crippen LogP contribution in [0.2, 0.25) is 0 Å². The van der Waals surface area contributed by atoms with Crippen molar-refractivity contribution < 1.29 is 23.8 Å². The molecule has 10 nitrogen and oxygen atoms in total. The molecule has 1 amide bonds. The summed E-state index contributed by atoms with van der Waals surface area (Å²) in [7, 11) is 3.30. The zero-order valence-corrected chi connectivity index (χ0v) is 42.0. The molecule has 1 aliphatic heterocycles. The van der Waals surface area contributed by atoms with Crippen molar-refractivity contribution in [3.63, 3.8) is 0 Å². The average Bonchev–Trinajstić information content (AvgIpc) is 3.26. The van der Waals surface area contributed by atoms with Gasteiger partial charge in [0.1, 0.15) is 0 Å². The number of rotatable bonds is 10. The van der Waals surface area contributed by atoms with Crippen LogP contribution in [0.5, 0.6) is 0 Å². The minimum atomic E-state index is -0.297. The number of ether oxygens (including phenoxy) is 3. The topological polar surface area (TPSA) is 126 Å². The van der Waals surface area contributed by atoms with Gasteiger partial charge in [-0.05, 0) is 65.2 Å². The first kappa shape index (κ1) is 54.3. The van der Waals surface area contributed by atoms with E-state index in [0.29, 0.717) is 55.6 Å². The van der Waals surface area contributed by atoms with Crippen LogP contribution < -0.4 is 11.3 Å². The fourth-order valence-corrected chi connectivity index (χ4v) is 10.7. The van der Waals surface area contributed by atoms with Crippen molar-refractivity contribution in [2.45, 2.75) is 106 Å². The van der Waals surface area contributed by atoms with Crippen LogP contribution in [0.3, 0.4) is 0 Å². The number of nitrogens with zero attached hydrogens (tertiary/aromatic N) is 3. The number of thiocarbonyl (C=S) groups is 1. The summed E-state index contributed by atoms with van der Waals surface area (Å²) < 4.78 is 17.2. The van der Waals surface area contributed by atoms with Gasteiger partial charge in [-0.3, -0.25) is 14.2 Å². The first-order valence-corrected chi connectivity index (χ1v) is 23.9. The number of hydrogen-bond donors (Lipinski definition) is 1. The van der Waals surface area contributed by atoms with Crippen molar-refractivity contribution in [1.82, 2.24) is 14.5 Å². The molecule has 4 aliphatic rings. The molecule has 12 heteroatoms. The van der Waals surface area contributed by atoms with Gasteiger partial charge >= 0.3 is 5.97 Å². The summed E-state index contributed by atoms with van der Waals surface area (Å²) in [4.78, 5) is 45.7. The standard InChI is InChI=1S/C19H24N2O2S.C18H21NO2S.C15H19NO2.C2H2.CH4/c1-5-24-18-20-16-14-9-7-6-8-13(14)12-19(2,3)15(16)17(22)21(18)10-11-23-4;1-18(2)11-12-6-4-5-7-13(12)14-10-15(22)19(8-9-21-3)17(20)16(14)18;1-4-18-14(17)12-13(16)11-8-6-5-7-10(11)9-15(12,2)3;1-2;/h6-9H,5,10-12H2,1-4H3;4-7H,8-11H2,1-3H3;5-8H,4,9,16H2,1-3H3;1-2H;1H4. The van der Waals surface area contributed by atoms with Crippen LogP contribution in [0.25, 0.3) is 22.5 Å². The van der Waals surface area contributed by atoms with E-state index in [-0.39, 0.29) is 41.1 Å². The Balaban J connectivity index is 0.000000216. The van der Waals surface area contributed by atoms with Crippen LogP contribution in [0, 0.1) is 23.7 Å². The molecule has 0 saturated heterocycles. The summed E-state index contributed by atoms with van der Waals surface area (Å²) in [6, 6.07) is 24.6. The highest BCUT2D eigenvalue weighted by Gasteiger charge is 2.43. The molecule has 0 bridgehead atoms. The van der Waals surface area contributed by atoms with Crippen LogP contribution in [0.4, 0.5) is 0 Å². The lowest BCUT2D eigenvalue weighted by molar-refractivity contribution is -0.139. The minimum Gasteiger partial charge on any atom is -0.463 e. The SMILES string of the molecule is C.C#C.CCOC(=O)C1=C(N)c2ccccc2CC1(C)C.CCSc1nc2c(c(=O)n1CCOC)C(C)(C)Cc1ccccc1-2.COCCN1C(=O)C2=C(CC1=S)c1ccccc1CC2(C)C. The van der Waals surface area contributed by atoms with E-state index in [9.17, 15) is 14.4 Å². The van der Waals surface area contributed by atoms with Crippen LogP contribution in [0.15, 0.2) is 93.9 Å². The predicted molar refractivity (Wildman–Crippen MR) is 279 cm³/mol. The molecule has 3 aliphatic carbocycles. The van der Waals surface area contributed by atoms with E-state index in [1.165, 1.54) is 22.3 Å². The van der Waals surface area contributed by atoms with E-state index in [1.807, 2.05) is 44.2 Å². The molecule has 67 heavy (non-hydrogen) atoms. The third-order valence-corrected chi connectivity index (χ3v) is 13.7. The summed E-state index contributed by atoms with van der Waals surface area (Å²) in [6.45, 7) is 19.0. The van der Waals surface area contributed by atoms with Gasteiger partial charge in [0, 0.05) is 53.7 Å². The van der Waals surface area contributed by atoms with Crippen molar-refractivity contribution in [3.8, 4) is 24.1 Å². The molecule has 4 aromatic rings. The zero-order valence-electron chi connectivity index (χ0n) is 40.3. The Labute approximate surface area is 408 Å². The van der Waals surface area contributed by atoms with E-state index in [2.05, 4.69) is 89.9 Å². The lowest BCUT2D eigenvalue weighted by Crippen LogP contribution is -2.47. The zero-order chi connectivity index (χ0) is 48.6. The highest BCUT2D eigenvalue weighted by molar-refractivity contribution is 7.99. The van der Waals surface area contributed by atoms with E-state index < -0.39 is 0 Å². The van der Waals surface area contributed by atoms with E-state index in [1.54, 1.807) is 42.4 Å². The smallest absolute Gasteiger partial charge is 0.336 e. The van der Waals surface area contributed by atoms with E-state index >= 15 is 0 Å². The molecule has 2 N–H and O–H groups in total. The van der Waals surface area contributed by atoms with E-state index in [0.717, 1.165) is 63.7 Å². The number of methoxy groups -OCH3 is 2. The molecule has 0 unspecified atom stereocenters. The van der Waals surface area contributed by atoms with Gasteiger partial charge < -0.3 is 24.8 Å². The number of fused-ring (bicyclic) bond motifs is 6. The van der Waals surface area contributed by atoms with Gasteiger partial charge in [0.25, 0.3) is 11.5 Å². The lowest BCUT2D eigenvalue weighted by atomic mass is 9.68. The number of nitrogens with two attached hydrogens (primary N) is 1. The second-order valence-corrected chi connectivity index (χ2v) is 20.2. The number of carbonyl (C=O) groups excluding carboxylic acids is 2. The summed E-state index contributed by atoms with van der Waals surface area (Å²) in [5.41, 5.74) is 17.5. The number of benzene rings is 3. The molecule has 1 aromatic heterocycles. The van der Waals surface area contributed by atoms with Gasteiger partial charge in [-0.2, -0.15) is 0 Å². The molecule has 358 valence electrons. The van der Waals surface area contributed by atoms with Crippen LogP contribution in [-0.4, -0.2) is 77.7 Å². The minimum absolute atomic E-state index is 0. The van der Waals surface area contributed by atoms with Crippen molar-refractivity contribution >= 4 is 52.1 Å². The maximum atomic E-state index is 13.3. The molecule has 8 rings (SSSR count). The number of thioether (sulfide) groups is 1. The first-order chi connectivity index (χ1) is 31.4. The molecule has 0 saturated carbocycles. The summed E-state index contributed by atoms with van der Waals surface area (Å²) in [5, 5.41) is 0.783. The summed E-state index contributed by atoms with van der Waals surface area (Å²) in [6.07, 6.45) is 11.2. The molecule has 0 radical (unpaired) electrons. The molecular formula is C55H70N4O6S2. The average molecular weight is 947 g/mol.